The van der Waals surface area contributed by atoms with Gasteiger partial charge in [0.1, 0.15) is 23.2 Å². The van der Waals surface area contributed by atoms with Crippen LogP contribution in [0.5, 0.6) is 0 Å². The first-order valence-electron chi connectivity index (χ1n) is 15.2. The number of carbonyl (C=O) groups excluding carboxylic acids is 4. The van der Waals surface area contributed by atoms with Gasteiger partial charge in [-0.05, 0) is 70.7 Å². The normalized spacial score (nSPS) is 23.2. The van der Waals surface area contributed by atoms with Crippen LogP contribution in [0.4, 0.5) is 4.79 Å². The van der Waals surface area contributed by atoms with Crippen molar-refractivity contribution < 1.29 is 41.3 Å². The number of benzene rings is 1. The van der Waals surface area contributed by atoms with Crippen molar-refractivity contribution in [2.45, 2.75) is 99.9 Å². The summed E-state index contributed by atoms with van der Waals surface area (Å²) in [6, 6.07) is 3.56. The number of ether oxygens (including phenoxy) is 2. The standard InChI is InChI=1S/C32H44BrN3O9S/c1-7-9-10-11-12-13-25(34-30(40)44-31(3,4)5)28(38)36-20-23(45-46(41,42)24-16-14-22(33)15-17-24)18-26(36)27(37)35-32(29(39)43-6)19-21(32)8-2/h7-8,14-17,21,23,25-26H,1-2,9-13,18-20H2,3-6H3,(H,34,40)(H,35,37)/t21-,23+,25?,26+,32-/m1/s1. The number of rotatable bonds is 15. The van der Waals surface area contributed by atoms with Crippen LogP contribution in [0.1, 0.15) is 65.7 Å². The lowest BCUT2D eigenvalue weighted by molar-refractivity contribution is -0.148. The van der Waals surface area contributed by atoms with Crippen LogP contribution in [-0.2, 0) is 38.2 Å². The van der Waals surface area contributed by atoms with Crippen molar-refractivity contribution in [3.05, 3.63) is 54.0 Å². The zero-order valence-electron chi connectivity index (χ0n) is 26.8. The molecule has 254 valence electrons. The largest absolute Gasteiger partial charge is 0.467 e. The summed E-state index contributed by atoms with van der Waals surface area (Å²) in [7, 11) is -3.06. The van der Waals surface area contributed by atoms with Gasteiger partial charge in [0.2, 0.25) is 11.8 Å². The van der Waals surface area contributed by atoms with Gasteiger partial charge >= 0.3 is 12.1 Å². The molecule has 1 heterocycles. The first-order valence-corrected chi connectivity index (χ1v) is 17.4. The fraction of sp³-hybridized carbons (Fsp3) is 0.562. The van der Waals surface area contributed by atoms with E-state index in [1.54, 1.807) is 45.1 Å². The van der Waals surface area contributed by atoms with Gasteiger partial charge in [0.15, 0.2) is 0 Å². The van der Waals surface area contributed by atoms with Crippen LogP contribution < -0.4 is 10.6 Å². The molecule has 0 spiro atoms. The Morgan fingerprint density at radius 2 is 1.80 bits per heavy atom. The minimum absolute atomic E-state index is 0.0954. The molecule has 0 radical (unpaired) electrons. The van der Waals surface area contributed by atoms with E-state index in [9.17, 15) is 27.6 Å². The van der Waals surface area contributed by atoms with Crippen molar-refractivity contribution in [1.82, 2.24) is 15.5 Å². The average molecular weight is 727 g/mol. The molecular weight excluding hydrogens is 682 g/mol. The summed E-state index contributed by atoms with van der Waals surface area (Å²) in [6.07, 6.45) is 4.75. The highest BCUT2D eigenvalue weighted by Crippen LogP contribution is 2.45. The van der Waals surface area contributed by atoms with E-state index in [1.807, 2.05) is 0 Å². The summed E-state index contributed by atoms with van der Waals surface area (Å²) in [6.45, 7) is 12.3. The first-order chi connectivity index (χ1) is 21.6. The number of likely N-dealkylation sites (tertiary alicyclic amines) is 1. The predicted molar refractivity (Wildman–Crippen MR) is 174 cm³/mol. The lowest BCUT2D eigenvalue weighted by Gasteiger charge is -2.30. The molecule has 2 fully saturated rings. The van der Waals surface area contributed by atoms with E-state index < -0.39 is 63.3 Å². The molecule has 3 amide bonds. The molecule has 46 heavy (non-hydrogen) atoms. The third-order valence-corrected chi connectivity index (χ3v) is 9.70. The average Bonchev–Trinajstić information content (AvgIpc) is 3.54. The van der Waals surface area contributed by atoms with E-state index in [-0.39, 0.29) is 36.6 Å². The molecule has 2 aliphatic rings. The number of halogens is 1. The molecule has 0 bridgehead atoms. The number of esters is 1. The highest BCUT2D eigenvalue weighted by molar-refractivity contribution is 9.10. The van der Waals surface area contributed by atoms with Crippen LogP contribution in [0.3, 0.4) is 0 Å². The topological polar surface area (TPSA) is 157 Å². The van der Waals surface area contributed by atoms with Gasteiger partial charge in [0.25, 0.3) is 10.1 Å². The SMILES string of the molecule is C=CCCCCCC(NC(=O)OC(C)(C)C)C(=O)N1C[C@@H](OS(=O)(=O)c2ccc(Br)cc2)C[C@H]1C(=O)N[C@]1(C(=O)OC)C[C@H]1C=C. The number of allylic oxidation sites excluding steroid dienone is 1. The van der Waals surface area contributed by atoms with Crippen molar-refractivity contribution in [2.24, 2.45) is 5.92 Å². The van der Waals surface area contributed by atoms with Crippen LogP contribution in [-0.4, -0.2) is 80.2 Å². The Hall–Kier alpha value is -3.23. The highest BCUT2D eigenvalue weighted by Gasteiger charge is 2.62. The summed E-state index contributed by atoms with van der Waals surface area (Å²) in [5.41, 5.74) is -2.17. The number of methoxy groups -OCH3 is 1. The van der Waals surface area contributed by atoms with E-state index in [0.29, 0.717) is 10.9 Å². The molecular formula is C32H44BrN3O9S. The molecule has 1 aromatic carbocycles. The minimum Gasteiger partial charge on any atom is -0.467 e. The Morgan fingerprint density at radius 1 is 1.13 bits per heavy atom. The molecule has 1 saturated carbocycles. The molecule has 0 aromatic heterocycles. The Bertz CT molecular complexity index is 1410. The van der Waals surface area contributed by atoms with Crippen molar-refractivity contribution in [3.8, 4) is 0 Å². The van der Waals surface area contributed by atoms with Crippen LogP contribution in [0.2, 0.25) is 0 Å². The summed E-state index contributed by atoms with van der Waals surface area (Å²) in [5, 5.41) is 5.38. The molecule has 1 aromatic rings. The van der Waals surface area contributed by atoms with Gasteiger partial charge in [-0.25, -0.2) is 9.59 Å². The number of nitrogens with zero attached hydrogens (tertiary/aromatic N) is 1. The molecule has 1 saturated heterocycles. The van der Waals surface area contributed by atoms with Crippen molar-refractivity contribution in [3.63, 3.8) is 0 Å². The van der Waals surface area contributed by atoms with Crippen LogP contribution in [0.25, 0.3) is 0 Å². The summed E-state index contributed by atoms with van der Waals surface area (Å²) in [4.78, 5) is 54.5. The third-order valence-electron chi connectivity index (χ3n) is 7.80. The van der Waals surface area contributed by atoms with Crippen LogP contribution >= 0.6 is 15.9 Å². The first kappa shape index (κ1) is 37.2. The van der Waals surface area contributed by atoms with E-state index in [0.717, 1.165) is 19.3 Å². The van der Waals surface area contributed by atoms with Gasteiger partial charge in [0.05, 0.1) is 18.1 Å². The van der Waals surface area contributed by atoms with Gasteiger partial charge < -0.3 is 25.0 Å². The molecule has 1 aliphatic heterocycles. The van der Waals surface area contributed by atoms with E-state index >= 15 is 0 Å². The molecule has 1 aliphatic carbocycles. The lowest BCUT2D eigenvalue weighted by Crippen LogP contribution is -2.56. The zero-order chi connectivity index (χ0) is 34.3. The number of carbonyl (C=O) groups is 4. The van der Waals surface area contributed by atoms with Crippen LogP contribution in [0.15, 0.2) is 58.9 Å². The monoisotopic (exact) mass is 725 g/mol. The third kappa shape index (κ3) is 9.64. The quantitative estimate of drug-likeness (QED) is 0.116. The Balaban J connectivity index is 1.90. The van der Waals surface area contributed by atoms with Gasteiger partial charge in [-0.1, -0.05) is 40.9 Å². The maximum Gasteiger partial charge on any atom is 0.408 e. The molecule has 5 atom stereocenters. The van der Waals surface area contributed by atoms with Crippen molar-refractivity contribution >= 4 is 49.9 Å². The molecule has 12 nitrogen and oxygen atoms in total. The van der Waals surface area contributed by atoms with Gasteiger partial charge in [-0.15, -0.1) is 13.2 Å². The number of hydrogen-bond acceptors (Lipinski definition) is 9. The van der Waals surface area contributed by atoms with Crippen molar-refractivity contribution in [2.75, 3.05) is 13.7 Å². The number of nitrogens with one attached hydrogen (secondary N) is 2. The maximum atomic E-state index is 14.1. The number of amides is 3. The van der Waals surface area contributed by atoms with Gasteiger partial charge in [-0.3, -0.25) is 13.8 Å². The second kappa shape index (κ2) is 15.6. The fourth-order valence-electron chi connectivity index (χ4n) is 5.40. The predicted octanol–water partition coefficient (Wildman–Crippen LogP) is 4.39. The Morgan fingerprint density at radius 3 is 2.37 bits per heavy atom. The second-order valence-electron chi connectivity index (χ2n) is 12.5. The Kier molecular flexibility index (Phi) is 12.6. The Labute approximate surface area is 279 Å². The number of alkyl carbamates (subject to hydrolysis) is 1. The highest BCUT2D eigenvalue weighted by atomic mass is 79.9. The molecule has 2 N–H and O–H groups in total. The van der Waals surface area contributed by atoms with E-state index in [1.165, 1.54) is 24.1 Å². The van der Waals surface area contributed by atoms with E-state index in [2.05, 4.69) is 39.7 Å². The lowest BCUT2D eigenvalue weighted by atomic mass is 10.0. The van der Waals surface area contributed by atoms with Crippen molar-refractivity contribution in [1.29, 1.82) is 0 Å². The number of hydrogen-bond donors (Lipinski definition) is 2. The summed E-state index contributed by atoms with van der Waals surface area (Å²) >= 11 is 3.27. The number of unbranched alkanes of at least 4 members (excludes halogenated alkanes) is 3. The zero-order valence-corrected chi connectivity index (χ0v) is 29.2. The maximum absolute atomic E-state index is 14.1. The molecule has 14 heteroatoms. The summed E-state index contributed by atoms with van der Waals surface area (Å²) in [5.74, 6) is -2.32. The van der Waals surface area contributed by atoms with Gasteiger partial charge in [0, 0.05) is 23.4 Å². The smallest absolute Gasteiger partial charge is 0.408 e. The van der Waals surface area contributed by atoms with E-state index in [4.69, 9.17) is 13.7 Å². The summed E-state index contributed by atoms with van der Waals surface area (Å²) < 4.78 is 42.8. The molecule has 1 unspecified atom stereocenters. The minimum atomic E-state index is -4.27. The van der Waals surface area contributed by atoms with Gasteiger partial charge in [-0.2, -0.15) is 8.42 Å². The molecule has 3 rings (SSSR count). The second-order valence-corrected chi connectivity index (χ2v) is 15.0. The fourth-order valence-corrected chi connectivity index (χ4v) is 6.75. The van der Waals surface area contributed by atoms with Crippen LogP contribution in [0, 0.1) is 5.92 Å².